The van der Waals surface area contributed by atoms with Crippen LogP contribution in [0.15, 0.2) is 41.1 Å². The number of rotatable bonds is 9. The number of fused-ring (bicyclic) bond motifs is 1. The van der Waals surface area contributed by atoms with E-state index in [2.05, 4.69) is 40.3 Å². The average molecular weight is 411 g/mol. The highest BCUT2D eigenvalue weighted by Gasteiger charge is 2.21. The maximum atomic E-state index is 12.9. The Kier molecular flexibility index (Phi) is 7.05. The van der Waals surface area contributed by atoms with Crippen molar-refractivity contribution in [2.75, 3.05) is 26.7 Å². The van der Waals surface area contributed by atoms with Gasteiger partial charge in [-0.05, 0) is 42.8 Å². The molecule has 0 saturated heterocycles. The molecule has 7 heteroatoms. The fourth-order valence-corrected chi connectivity index (χ4v) is 3.65. The van der Waals surface area contributed by atoms with E-state index in [9.17, 15) is 4.79 Å². The minimum Gasteiger partial charge on any atom is -0.497 e. The summed E-state index contributed by atoms with van der Waals surface area (Å²) in [7, 11) is 1.66. The lowest BCUT2D eigenvalue weighted by Gasteiger charge is -2.30. The zero-order valence-electron chi connectivity index (χ0n) is 18.3. The van der Waals surface area contributed by atoms with E-state index in [0.717, 1.165) is 35.5 Å². The molecular weight excluding hydrogens is 380 g/mol. The molecule has 1 amide bonds. The molecule has 0 aliphatic heterocycles. The molecule has 3 aromatic rings. The number of likely N-dealkylation sites (N-methyl/N-ethyl adjacent to an activating group) is 1. The molecule has 2 aromatic heterocycles. The SMILES string of the molecule is CCN(CC)C(CNC(=O)c1cnc2onc(C(C)C)c2c1)c1cccc(OC)c1. The maximum absolute atomic E-state index is 12.9. The van der Waals surface area contributed by atoms with Gasteiger partial charge in [-0.15, -0.1) is 0 Å². The summed E-state index contributed by atoms with van der Waals surface area (Å²) < 4.78 is 10.7. The third-order valence-corrected chi connectivity index (χ3v) is 5.35. The number of hydrogen-bond acceptors (Lipinski definition) is 6. The van der Waals surface area contributed by atoms with E-state index in [0.29, 0.717) is 17.8 Å². The minimum atomic E-state index is -0.166. The number of pyridine rings is 1. The standard InChI is InChI=1S/C23H30N4O3/c1-6-27(7-2)20(16-9-8-10-18(11-16)29-5)14-24-22(28)17-12-19-21(15(3)4)26-30-23(19)25-13-17/h8-13,15,20H,6-7,14H2,1-5H3,(H,24,28). The second-order valence-electron chi connectivity index (χ2n) is 7.52. The van der Waals surface area contributed by atoms with Gasteiger partial charge in [-0.2, -0.15) is 0 Å². The number of aromatic nitrogens is 2. The number of benzene rings is 1. The molecule has 0 aliphatic rings. The van der Waals surface area contributed by atoms with Crippen LogP contribution in [0.2, 0.25) is 0 Å². The van der Waals surface area contributed by atoms with E-state index in [4.69, 9.17) is 9.26 Å². The van der Waals surface area contributed by atoms with Gasteiger partial charge in [0.05, 0.1) is 29.8 Å². The molecule has 0 fully saturated rings. The molecule has 2 heterocycles. The number of methoxy groups -OCH3 is 1. The van der Waals surface area contributed by atoms with Crippen molar-refractivity contribution in [1.82, 2.24) is 20.4 Å². The molecule has 1 atom stereocenters. The van der Waals surface area contributed by atoms with Gasteiger partial charge in [0.15, 0.2) is 0 Å². The molecule has 1 unspecified atom stereocenters. The Morgan fingerprint density at radius 2 is 2.00 bits per heavy atom. The quantitative estimate of drug-likeness (QED) is 0.570. The molecule has 3 rings (SSSR count). The van der Waals surface area contributed by atoms with Gasteiger partial charge in [0.1, 0.15) is 5.75 Å². The molecule has 1 aromatic carbocycles. The first-order valence-electron chi connectivity index (χ1n) is 10.4. The van der Waals surface area contributed by atoms with Crippen molar-refractivity contribution in [3.8, 4) is 5.75 Å². The summed E-state index contributed by atoms with van der Waals surface area (Å²) in [5.41, 5.74) is 2.86. The van der Waals surface area contributed by atoms with E-state index >= 15 is 0 Å². The van der Waals surface area contributed by atoms with Gasteiger partial charge in [0, 0.05) is 12.7 Å². The normalized spacial score (nSPS) is 12.5. The topological polar surface area (TPSA) is 80.5 Å². The van der Waals surface area contributed by atoms with Crippen molar-refractivity contribution < 1.29 is 14.1 Å². The Morgan fingerprint density at radius 3 is 2.67 bits per heavy atom. The highest BCUT2D eigenvalue weighted by atomic mass is 16.5. The molecule has 30 heavy (non-hydrogen) atoms. The fraction of sp³-hybridized carbons (Fsp3) is 0.435. The lowest BCUT2D eigenvalue weighted by molar-refractivity contribution is 0.0934. The van der Waals surface area contributed by atoms with E-state index in [1.54, 1.807) is 7.11 Å². The van der Waals surface area contributed by atoms with Crippen molar-refractivity contribution in [2.24, 2.45) is 0 Å². The number of amides is 1. The van der Waals surface area contributed by atoms with Crippen LogP contribution in [-0.4, -0.2) is 47.7 Å². The molecule has 7 nitrogen and oxygen atoms in total. The molecule has 0 radical (unpaired) electrons. The third-order valence-electron chi connectivity index (χ3n) is 5.35. The summed E-state index contributed by atoms with van der Waals surface area (Å²) in [5, 5.41) is 7.94. The molecular formula is C23H30N4O3. The van der Waals surface area contributed by atoms with Gasteiger partial charge in [-0.1, -0.05) is 45.0 Å². The van der Waals surface area contributed by atoms with E-state index in [-0.39, 0.29) is 17.9 Å². The first-order chi connectivity index (χ1) is 14.5. The van der Waals surface area contributed by atoms with Crippen LogP contribution in [0.1, 0.15) is 61.3 Å². The zero-order chi connectivity index (χ0) is 21.7. The van der Waals surface area contributed by atoms with Gasteiger partial charge in [-0.3, -0.25) is 9.69 Å². The Balaban J connectivity index is 1.81. The van der Waals surface area contributed by atoms with E-state index in [1.807, 2.05) is 38.1 Å². The van der Waals surface area contributed by atoms with Gasteiger partial charge in [0.25, 0.3) is 11.6 Å². The number of nitrogens with zero attached hydrogens (tertiary/aromatic N) is 3. The molecule has 0 saturated carbocycles. The second-order valence-corrected chi connectivity index (χ2v) is 7.52. The number of carbonyl (C=O) groups excluding carboxylic acids is 1. The van der Waals surface area contributed by atoms with Crippen molar-refractivity contribution in [3.63, 3.8) is 0 Å². The summed E-state index contributed by atoms with van der Waals surface area (Å²) in [6.45, 7) is 10.5. The van der Waals surface area contributed by atoms with Crippen molar-refractivity contribution in [2.45, 2.75) is 39.7 Å². The van der Waals surface area contributed by atoms with Crippen LogP contribution in [0.25, 0.3) is 11.1 Å². The van der Waals surface area contributed by atoms with Gasteiger partial charge >= 0.3 is 0 Å². The van der Waals surface area contributed by atoms with Crippen LogP contribution >= 0.6 is 0 Å². The Bertz CT molecular complexity index is 995. The van der Waals surface area contributed by atoms with Gasteiger partial charge < -0.3 is 14.6 Å². The van der Waals surface area contributed by atoms with Crippen LogP contribution in [0, 0.1) is 0 Å². The number of ether oxygens (including phenoxy) is 1. The van der Waals surface area contributed by atoms with Gasteiger partial charge in [-0.25, -0.2) is 4.98 Å². The smallest absolute Gasteiger partial charge is 0.257 e. The lowest BCUT2D eigenvalue weighted by Crippen LogP contribution is -2.38. The minimum absolute atomic E-state index is 0.0394. The van der Waals surface area contributed by atoms with Crippen molar-refractivity contribution in [1.29, 1.82) is 0 Å². The molecule has 0 aliphatic carbocycles. The van der Waals surface area contributed by atoms with Crippen molar-refractivity contribution in [3.05, 3.63) is 53.3 Å². The predicted molar refractivity (Wildman–Crippen MR) is 117 cm³/mol. The predicted octanol–water partition coefficient (Wildman–Crippen LogP) is 4.17. The highest BCUT2D eigenvalue weighted by molar-refractivity contribution is 5.97. The Hall–Kier alpha value is -2.93. The second kappa shape index (κ2) is 9.71. The Morgan fingerprint density at radius 1 is 1.23 bits per heavy atom. The van der Waals surface area contributed by atoms with Crippen LogP contribution in [0.3, 0.4) is 0 Å². The van der Waals surface area contributed by atoms with Crippen LogP contribution in [-0.2, 0) is 0 Å². The van der Waals surface area contributed by atoms with E-state index < -0.39 is 0 Å². The van der Waals surface area contributed by atoms with Crippen LogP contribution in [0.4, 0.5) is 0 Å². The molecule has 0 spiro atoms. The summed E-state index contributed by atoms with van der Waals surface area (Å²) in [4.78, 5) is 19.5. The summed E-state index contributed by atoms with van der Waals surface area (Å²) in [5.74, 6) is 0.825. The number of carbonyl (C=O) groups is 1. The van der Waals surface area contributed by atoms with E-state index in [1.165, 1.54) is 6.20 Å². The van der Waals surface area contributed by atoms with Gasteiger partial charge in [0.2, 0.25) is 0 Å². The largest absolute Gasteiger partial charge is 0.497 e. The number of hydrogen-bond donors (Lipinski definition) is 1. The first-order valence-corrected chi connectivity index (χ1v) is 10.4. The zero-order valence-corrected chi connectivity index (χ0v) is 18.3. The maximum Gasteiger partial charge on any atom is 0.257 e. The summed E-state index contributed by atoms with van der Waals surface area (Å²) in [6, 6.07) is 9.84. The number of nitrogens with one attached hydrogen (secondary N) is 1. The van der Waals surface area contributed by atoms with Crippen LogP contribution in [0.5, 0.6) is 5.75 Å². The first kappa shape index (κ1) is 21.8. The Labute approximate surface area is 177 Å². The monoisotopic (exact) mass is 410 g/mol. The molecule has 160 valence electrons. The molecule has 1 N–H and O–H groups in total. The van der Waals surface area contributed by atoms with Crippen LogP contribution < -0.4 is 10.1 Å². The van der Waals surface area contributed by atoms with Crippen molar-refractivity contribution >= 4 is 17.0 Å². The third kappa shape index (κ3) is 4.62. The summed E-state index contributed by atoms with van der Waals surface area (Å²) >= 11 is 0. The molecule has 0 bridgehead atoms. The lowest BCUT2D eigenvalue weighted by atomic mass is 10.0. The average Bonchev–Trinajstić information content (AvgIpc) is 3.20. The summed E-state index contributed by atoms with van der Waals surface area (Å²) in [6.07, 6.45) is 1.53. The fourth-order valence-electron chi connectivity index (χ4n) is 3.65. The highest BCUT2D eigenvalue weighted by Crippen LogP contribution is 2.25.